The molecular weight excluding hydrogens is 540 g/mol. The van der Waals surface area contributed by atoms with Crippen LogP contribution in [0, 0.1) is 0 Å². The third-order valence-electron chi connectivity index (χ3n) is 6.93. The molecule has 1 aliphatic heterocycles. The largest absolute Gasteiger partial charge is 0.508 e. The van der Waals surface area contributed by atoms with Crippen LogP contribution in [0.2, 0.25) is 0 Å². The second-order valence-corrected chi connectivity index (χ2v) is 13.5. The Labute approximate surface area is 234 Å². The zero-order valence-electron chi connectivity index (χ0n) is 21.6. The summed E-state index contributed by atoms with van der Waals surface area (Å²) in [5, 5.41) is 27.8. The van der Waals surface area contributed by atoms with Gasteiger partial charge in [-0.1, -0.05) is 58.0 Å². The Balaban J connectivity index is 1.58. The van der Waals surface area contributed by atoms with Gasteiger partial charge in [0.1, 0.15) is 29.4 Å². The highest BCUT2D eigenvalue weighted by Gasteiger charge is 2.44. The predicted molar refractivity (Wildman–Crippen MR) is 150 cm³/mol. The molecule has 4 atom stereocenters. The predicted octanol–water partition coefficient (Wildman–Crippen LogP) is 1.14. The lowest BCUT2D eigenvalue weighted by atomic mass is 9.95. The summed E-state index contributed by atoms with van der Waals surface area (Å²) in [4.78, 5) is 52.3. The Hall–Kier alpha value is -3.22. The maximum absolute atomic E-state index is 13.5. The molecule has 4 rings (SSSR count). The number of hydrogen-bond acceptors (Lipinski definition) is 8. The normalized spacial score (nSPS) is 26.9. The minimum absolute atomic E-state index is 0.0830. The maximum atomic E-state index is 13.5. The number of phenols is 1. The Morgan fingerprint density at radius 3 is 2.44 bits per heavy atom. The number of benzene rings is 2. The first-order chi connectivity index (χ1) is 18.4. The minimum Gasteiger partial charge on any atom is -0.508 e. The summed E-state index contributed by atoms with van der Waals surface area (Å²) >= 11 is 0. The minimum atomic E-state index is -1.31. The van der Waals surface area contributed by atoms with Crippen LogP contribution >= 0.6 is 21.6 Å². The Bertz CT molecular complexity index is 1270. The summed E-state index contributed by atoms with van der Waals surface area (Å²) in [5.74, 6) is -2.71. The molecule has 12 heteroatoms. The number of fused-ring (bicyclic) bond motifs is 1. The number of carbonyl (C=O) groups is 4. The molecule has 0 aromatic heterocycles. The number of carboxylic acids is 1. The van der Waals surface area contributed by atoms with Crippen LogP contribution in [0.25, 0.3) is 0 Å². The molecule has 1 fully saturated rings. The molecule has 1 saturated heterocycles. The molecule has 39 heavy (non-hydrogen) atoms. The molecule has 2 aromatic carbocycles. The third-order valence-corrected chi connectivity index (χ3v) is 10.2. The molecule has 208 valence electrons. The monoisotopic (exact) mass is 572 g/mol. The summed E-state index contributed by atoms with van der Waals surface area (Å²) in [6, 6.07) is 10.6. The fourth-order valence-electron chi connectivity index (χ4n) is 4.75. The highest BCUT2D eigenvalue weighted by molar-refractivity contribution is 8.77. The maximum Gasteiger partial charge on any atom is 0.327 e. The van der Waals surface area contributed by atoms with Crippen molar-refractivity contribution in [2.75, 3.05) is 5.75 Å². The second-order valence-electron chi connectivity index (χ2n) is 10.5. The van der Waals surface area contributed by atoms with Gasteiger partial charge in [-0.3, -0.25) is 14.4 Å². The Kier molecular flexibility index (Phi) is 8.48. The fourth-order valence-corrected chi connectivity index (χ4v) is 7.56. The van der Waals surface area contributed by atoms with Crippen molar-refractivity contribution >= 4 is 45.3 Å². The zero-order valence-corrected chi connectivity index (χ0v) is 23.2. The van der Waals surface area contributed by atoms with Crippen LogP contribution in [-0.2, 0) is 38.4 Å². The topological polar surface area (TPSA) is 171 Å². The fraction of sp³-hybridized carbons (Fsp3) is 0.407. The number of rotatable bonds is 5. The van der Waals surface area contributed by atoms with Crippen LogP contribution in [-0.4, -0.2) is 68.1 Å². The Morgan fingerprint density at radius 2 is 1.74 bits per heavy atom. The van der Waals surface area contributed by atoms with Gasteiger partial charge in [0, 0.05) is 18.6 Å². The number of aliphatic carboxylic acids is 1. The average molecular weight is 573 g/mol. The lowest BCUT2D eigenvalue weighted by Crippen LogP contribution is -2.62. The van der Waals surface area contributed by atoms with Gasteiger partial charge in [0.05, 0.1) is 4.75 Å². The highest BCUT2D eigenvalue weighted by atomic mass is 33.1. The van der Waals surface area contributed by atoms with E-state index in [0.29, 0.717) is 0 Å². The standard InChI is InChI=1S/C27H32N4O6S2/c1-26(2)21(24(35)36)31-22(33)19(10-15-6-4-3-5-7-15)29-23(34)20(14-38-39-26)30-25(37)27(28)12-16-8-9-18(32)11-17(16)13-27/h3-9,11,19-21,32H,10,12-14,28H2,1-2H3,(H,29,34)(H,30,37)(H,31,33)(H,35,36)/t19-,20+,21-,27+/m0/s1. The molecule has 0 saturated carbocycles. The number of aromatic hydroxyl groups is 1. The molecule has 0 radical (unpaired) electrons. The lowest BCUT2D eigenvalue weighted by Gasteiger charge is -2.31. The van der Waals surface area contributed by atoms with Crippen LogP contribution in [0.1, 0.15) is 30.5 Å². The molecule has 2 aromatic rings. The summed E-state index contributed by atoms with van der Waals surface area (Å²) in [7, 11) is 2.45. The van der Waals surface area contributed by atoms with Crippen molar-refractivity contribution in [3.8, 4) is 5.75 Å². The van der Waals surface area contributed by atoms with Gasteiger partial charge in [-0.25, -0.2) is 4.79 Å². The molecule has 0 bridgehead atoms. The number of amides is 3. The van der Waals surface area contributed by atoms with Gasteiger partial charge < -0.3 is 31.9 Å². The first-order valence-corrected chi connectivity index (χ1v) is 14.8. The van der Waals surface area contributed by atoms with E-state index in [1.807, 2.05) is 18.2 Å². The molecule has 0 unspecified atom stereocenters. The van der Waals surface area contributed by atoms with E-state index in [-0.39, 0.29) is 30.8 Å². The van der Waals surface area contributed by atoms with E-state index in [4.69, 9.17) is 5.73 Å². The highest BCUT2D eigenvalue weighted by Crippen LogP contribution is 2.39. The zero-order chi connectivity index (χ0) is 28.4. The van der Waals surface area contributed by atoms with Crippen molar-refractivity contribution in [1.29, 1.82) is 0 Å². The molecule has 7 N–H and O–H groups in total. The first-order valence-electron chi connectivity index (χ1n) is 12.5. The van der Waals surface area contributed by atoms with Crippen molar-refractivity contribution in [2.45, 2.75) is 61.5 Å². The smallest absolute Gasteiger partial charge is 0.327 e. The van der Waals surface area contributed by atoms with E-state index < -0.39 is 52.1 Å². The summed E-state index contributed by atoms with van der Waals surface area (Å²) in [6.07, 6.45) is 0.577. The van der Waals surface area contributed by atoms with Crippen LogP contribution < -0.4 is 21.7 Å². The quantitative estimate of drug-likeness (QED) is 0.288. The van der Waals surface area contributed by atoms with Gasteiger partial charge in [-0.15, -0.1) is 0 Å². The molecule has 0 spiro atoms. The number of carboxylic acid groups (broad SMARTS) is 1. The lowest BCUT2D eigenvalue weighted by molar-refractivity contribution is -0.143. The van der Waals surface area contributed by atoms with Crippen molar-refractivity contribution in [2.24, 2.45) is 5.73 Å². The Morgan fingerprint density at radius 1 is 1.05 bits per heavy atom. The summed E-state index contributed by atoms with van der Waals surface area (Å²) < 4.78 is -0.935. The number of carbonyl (C=O) groups excluding carboxylic acids is 3. The van der Waals surface area contributed by atoms with Crippen molar-refractivity contribution < 1.29 is 29.4 Å². The third kappa shape index (κ3) is 6.68. The van der Waals surface area contributed by atoms with Gasteiger partial charge in [-0.2, -0.15) is 0 Å². The van der Waals surface area contributed by atoms with Gasteiger partial charge in [-0.05, 0) is 49.1 Å². The molecule has 1 aliphatic carbocycles. The average Bonchev–Trinajstić information content (AvgIpc) is 3.21. The number of hydrogen-bond donors (Lipinski definition) is 6. The van der Waals surface area contributed by atoms with E-state index in [1.54, 1.807) is 38.1 Å². The van der Waals surface area contributed by atoms with E-state index in [0.717, 1.165) is 16.7 Å². The second kappa shape index (κ2) is 11.5. The van der Waals surface area contributed by atoms with Crippen LogP contribution in [0.15, 0.2) is 48.5 Å². The molecule has 3 amide bonds. The molecule has 1 heterocycles. The van der Waals surface area contributed by atoms with E-state index in [1.165, 1.54) is 27.7 Å². The van der Waals surface area contributed by atoms with Gasteiger partial charge in [0.15, 0.2) is 0 Å². The van der Waals surface area contributed by atoms with Gasteiger partial charge >= 0.3 is 5.97 Å². The van der Waals surface area contributed by atoms with Crippen LogP contribution in [0.3, 0.4) is 0 Å². The summed E-state index contributed by atoms with van der Waals surface area (Å²) in [6.45, 7) is 3.41. The van der Waals surface area contributed by atoms with Crippen LogP contribution in [0.5, 0.6) is 5.75 Å². The number of nitrogens with one attached hydrogen (secondary N) is 3. The summed E-state index contributed by atoms with van der Waals surface area (Å²) in [5.41, 5.74) is 7.58. The van der Waals surface area contributed by atoms with Crippen molar-refractivity contribution in [3.63, 3.8) is 0 Å². The van der Waals surface area contributed by atoms with Crippen LogP contribution in [0.4, 0.5) is 0 Å². The molecule has 2 aliphatic rings. The molecule has 10 nitrogen and oxygen atoms in total. The van der Waals surface area contributed by atoms with E-state index in [9.17, 15) is 29.4 Å². The van der Waals surface area contributed by atoms with Crippen molar-refractivity contribution in [1.82, 2.24) is 16.0 Å². The first kappa shape index (κ1) is 28.8. The van der Waals surface area contributed by atoms with Gasteiger partial charge in [0.2, 0.25) is 17.7 Å². The van der Waals surface area contributed by atoms with Crippen molar-refractivity contribution in [3.05, 3.63) is 65.2 Å². The number of phenolic OH excluding ortho intramolecular Hbond substituents is 1. The van der Waals surface area contributed by atoms with E-state index in [2.05, 4.69) is 16.0 Å². The number of nitrogens with two attached hydrogens (primary N) is 1. The van der Waals surface area contributed by atoms with E-state index >= 15 is 0 Å². The molecular formula is C27H32N4O6S2. The van der Waals surface area contributed by atoms with Gasteiger partial charge in [0.25, 0.3) is 0 Å². The SMILES string of the molecule is CC1(C)SSC[C@@H](NC(=O)[C@@]2(N)Cc3ccc(O)cc3C2)C(=O)N[C@@H](Cc2ccccc2)C(=O)N[C@H]1C(=O)O.